The Morgan fingerprint density at radius 1 is 1.22 bits per heavy atom. The molecule has 0 aliphatic carbocycles. The van der Waals surface area contributed by atoms with Gasteiger partial charge in [-0.1, -0.05) is 26.0 Å². The van der Waals surface area contributed by atoms with Gasteiger partial charge >= 0.3 is 12.0 Å². The van der Waals surface area contributed by atoms with E-state index in [2.05, 4.69) is 29.4 Å². The topological polar surface area (TPSA) is 81.7 Å². The zero-order valence-electron chi connectivity index (χ0n) is 14.1. The van der Waals surface area contributed by atoms with Crippen LogP contribution in [0.4, 0.5) is 4.79 Å². The zero-order chi connectivity index (χ0) is 17.2. The summed E-state index contributed by atoms with van der Waals surface area (Å²) in [6, 6.07) is 6.32. The van der Waals surface area contributed by atoms with Crippen molar-refractivity contribution in [2.75, 3.05) is 19.6 Å². The fourth-order valence-electron chi connectivity index (χ4n) is 2.35. The van der Waals surface area contributed by atoms with Crippen LogP contribution in [0.15, 0.2) is 24.3 Å². The molecule has 3 N–H and O–H groups in total. The van der Waals surface area contributed by atoms with Crippen molar-refractivity contribution in [1.29, 1.82) is 0 Å². The fourth-order valence-corrected chi connectivity index (χ4v) is 2.35. The molecule has 1 rings (SSSR count). The average Bonchev–Trinajstić information content (AvgIpc) is 2.52. The number of likely N-dealkylation sites (N-methyl/N-ethyl adjacent to an activating group) is 1. The van der Waals surface area contributed by atoms with Gasteiger partial charge in [0, 0.05) is 19.1 Å². The SMILES string of the molecule is CCCN(CC)C[C@H](C)NC(=O)NCc1ccc(C(=O)O)cc1. The van der Waals surface area contributed by atoms with Crippen molar-refractivity contribution < 1.29 is 14.7 Å². The quantitative estimate of drug-likeness (QED) is 0.652. The highest BCUT2D eigenvalue weighted by molar-refractivity contribution is 5.87. The van der Waals surface area contributed by atoms with Crippen LogP contribution in [-0.2, 0) is 6.54 Å². The van der Waals surface area contributed by atoms with Gasteiger partial charge in [0.1, 0.15) is 0 Å². The molecule has 2 amide bonds. The predicted molar refractivity (Wildman–Crippen MR) is 90.6 cm³/mol. The summed E-state index contributed by atoms with van der Waals surface area (Å²) in [4.78, 5) is 25.0. The summed E-state index contributed by atoms with van der Waals surface area (Å²) < 4.78 is 0. The molecule has 0 saturated carbocycles. The molecule has 0 heterocycles. The molecule has 6 nitrogen and oxygen atoms in total. The second-order valence-corrected chi connectivity index (χ2v) is 5.62. The number of carboxylic acids is 1. The number of hydrogen-bond acceptors (Lipinski definition) is 3. The van der Waals surface area contributed by atoms with Crippen LogP contribution in [0.1, 0.15) is 43.1 Å². The average molecular weight is 321 g/mol. The number of aromatic carboxylic acids is 1. The van der Waals surface area contributed by atoms with Crippen molar-refractivity contribution in [3.63, 3.8) is 0 Å². The Morgan fingerprint density at radius 2 is 1.87 bits per heavy atom. The van der Waals surface area contributed by atoms with Crippen molar-refractivity contribution in [2.24, 2.45) is 0 Å². The predicted octanol–water partition coefficient (Wildman–Crippen LogP) is 2.30. The largest absolute Gasteiger partial charge is 0.478 e. The van der Waals surface area contributed by atoms with Gasteiger partial charge in [0.2, 0.25) is 0 Å². The number of nitrogens with zero attached hydrogens (tertiary/aromatic N) is 1. The highest BCUT2D eigenvalue weighted by atomic mass is 16.4. The monoisotopic (exact) mass is 321 g/mol. The Bertz CT molecular complexity index is 502. The van der Waals surface area contributed by atoms with E-state index in [1.807, 2.05) is 6.92 Å². The second kappa shape index (κ2) is 9.84. The van der Waals surface area contributed by atoms with E-state index in [-0.39, 0.29) is 17.6 Å². The standard InChI is InChI=1S/C17H27N3O3/c1-4-10-20(5-2)12-13(3)19-17(23)18-11-14-6-8-15(9-7-14)16(21)22/h6-9,13H,4-5,10-12H2,1-3H3,(H,21,22)(H2,18,19,23)/t13-/m0/s1. The van der Waals surface area contributed by atoms with Gasteiger partial charge in [0.05, 0.1) is 5.56 Å². The molecule has 23 heavy (non-hydrogen) atoms. The van der Waals surface area contributed by atoms with Crippen LogP contribution in [0.25, 0.3) is 0 Å². The number of hydrogen-bond donors (Lipinski definition) is 3. The highest BCUT2D eigenvalue weighted by Gasteiger charge is 2.10. The summed E-state index contributed by atoms with van der Waals surface area (Å²) in [5.74, 6) is -0.955. The number of carboxylic acid groups (broad SMARTS) is 1. The van der Waals surface area contributed by atoms with Crippen molar-refractivity contribution in [1.82, 2.24) is 15.5 Å². The summed E-state index contributed by atoms with van der Waals surface area (Å²) in [7, 11) is 0. The minimum absolute atomic E-state index is 0.0656. The second-order valence-electron chi connectivity index (χ2n) is 5.62. The van der Waals surface area contributed by atoms with E-state index in [0.29, 0.717) is 6.54 Å². The number of benzene rings is 1. The lowest BCUT2D eigenvalue weighted by Gasteiger charge is -2.24. The lowest BCUT2D eigenvalue weighted by atomic mass is 10.1. The Hall–Kier alpha value is -2.08. The third kappa shape index (κ3) is 7.15. The van der Waals surface area contributed by atoms with E-state index in [9.17, 15) is 9.59 Å². The molecule has 1 aromatic carbocycles. The maximum atomic E-state index is 11.9. The van der Waals surface area contributed by atoms with Crippen molar-refractivity contribution in [3.8, 4) is 0 Å². The lowest BCUT2D eigenvalue weighted by molar-refractivity contribution is 0.0697. The molecule has 1 atom stereocenters. The molecule has 0 aliphatic rings. The summed E-state index contributed by atoms with van der Waals surface area (Å²) in [6.07, 6.45) is 1.10. The summed E-state index contributed by atoms with van der Waals surface area (Å²) in [5, 5.41) is 14.5. The fraction of sp³-hybridized carbons (Fsp3) is 0.529. The Kier molecular flexibility index (Phi) is 8.11. The van der Waals surface area contributed by atoms with E-state index in [4.69, 9.17) is 5.11 Å². The molecule has 6 heteroatoms. The first-order valence-corrected chi connectivity index (χ1v) is 8.05. The number of amides is 2. The van der Waals surface area contributed by atoms with Gasteiger partial charge in [-0.2, -0.15) is 0 Å². The zero-order valence-corrected chi connectivity index (χ0v) is 14.1. The van der Waals surface area contributed by atoms with Gasteiger partial charge in [-0.15, -0.1) is 0 Å². The molecule has 0 aromatic heterocycles. The lowest BCUT2D eigenvalue weighted by Crippen LogP contribution is -2.46. The van der Waals surface area contributed by atoms with Crippen LogP contribution in [0, 0.1) is 0 Å². The summed E-state index contributed by atoms with van der Waals surface area (Å²) in [5.41, 5.74) is 1.10. The van der Waals surface area contributed by atoms with Crippen molar-refractivity contribution >= 4 is 12.0 Å². The van der Waals surface area contributed by atoms with Crippen LogP contribution in [-0.4, -0.2) is 47.7 Å². The van der Waals surface area contributed by atoms with Crippen LogP contribution in [0.2, 0.25) is 0 Å². The molecule has 1 aromatic rings. The van der Waals surface area contributed by atoms with E-state index in [1.54, 1.807) is 12.1 Å². The number of carbonyl (C=O) groups is 2. The number of nitrogens with one attached hydrogen (secondary N) is 2. The molecule has 0 radical (unpaired) electrons. The Balaban J connectivity index is 2.37. The molecule has 0 aliphatic heterocycles. The molecular formula is C17H27N3O3. The van der Waals surface area contributed by atoms with Gasteiger partial charge in [-0.25, -0.2) is 9.59 Å². The maximum Gasteiger partial charge on any atom is 0.335 e. The van der Waals surface area contributed by atoms with Crippen LogP contribution in [0.3, 0.4) is 0 Å². The minimum atomic E-state index is -0.955. The van der Waals surface area contributed by atoms with Crippen LogP contribution < -0.4 is 10.6 Å². The van der Waals surface area contributed by atoms with Gasteiger partial charge in [0.15, 0.2) is 0 Å². The number of rotatable bonds is 9. The summed E-state index contributed by atoms with van der Waals surface area (Å²) >= 11 is 0. The van der Waals surface area contributed by atoms with Gasteiger partial charge in [0.25, 0.3) is 0 Å². The Labute approximate surface area is 137 Å². The third-order valence-electron chi connectivity index (χ3n) is 3.55. The van der Waals surface area contributed by atoms with Crippen LogP contribution in [0.5, 0.6) is 0 Å². The van der Waals surface area contributed by atoms with Crippen molar-refractivity contribution in [2.45, 2.75) is 39.8 Å². The van der Waals surface area contributed by atoms with Gasteiger partial charge in [-0.3, -0.25) is 0 Å². The molecule has 0 saturated heterocycles. The smallest absolute Gasteiger partial charge is 0.335 e. The molecule has 0 spiro atoms. The van der Waals surface area contributed by atoms with Gasteiger partial charge in [-0.05, 0) is 44.1 Å². The third-order valence-corrected chi connectivity index (χ3v) is 3.55. The van der Waals surface area contributed by atoms with E-state index < -0.39 is 5.97 Å². The van der Waals surface area contributed by atoms with Crippen molar-refractivity contribution in [3.05, 3.63) is 35.4 Å². The molecule has 0 unspecified atom stereocenters. The Morgan fingerprint density at radius 3 is 2.39 bits per heavy atom. The first kappa shape index (κ1) is 19.0. The molecule has 0 fully saturated rings. The van der Waals surface area contributed by atoms with Crippen LogP contribution >= 0.6 is 0 Å². The highest BCUT2D eigenvalue weighted by Crippen LogP contribution is 2.04. The van der Waals surface area contributed by atoms with E-state index >= 15 is 0 Å². The molecule has 0 bridgehead atoms. The first-order valence-electron chi connectivity index (χ1n) is 8.05. The first-order chi connectivity index (χ1) is 11.0. The van der Waals surface area contributed by atoms with Gasteiger partial charge < -0.3 is 20.6 Å². The molecule has 128 valence electrons. The minimum Gasteiger partial charge on any atom is -0.478 e. The van der Waals surface area contributed by atoms with E-state index in [0.717, 1.165) is 31.6 Å². The maximum absolute atomic E-state index is 11.9. The summed E-state index contributed by atoms with van der Waals surface area (Å²) in [6.45, 7) is 9.43. The molecular weight excluding hydrogens is 294 g/mol. The number of carbonyl (C=O) groups excluding carboxylic acids is 1. The number of urea groups is 1. The normalized spacial score (nSPS) is 12.0. The van der Waals surface area contributed by atoms with E-state index in [1.165, 1.54) is 12.1 Å².